The molecular weight excluding hydrogens is 374 g/mol. The van der Waals surface area contributed by atoms with E-state index in [1.54, 1.807) is 12.3 Å². The number of ether oxygens (including phenoxy) is 1. The number of hydrogen-bond donors (Lipinski definition) is 2. The Morgan fingerprint density at radius 2 is 2.03 bits per heavy atom. The molecule has 2 amide bonds. The molecule has 1 atom stereocenters. The molecule has 0 saturated carbocycles. The highest BCUT2D eigenvalue weighted by Crippen LogP contribution is 2.30. The number of carbonyl (C=O) groups is 3. The number of benzene rings is 1. The van der Waals surface area contributed by atoms with Gasteiger partial charge >= 0.3 is 5.97 Å². The van der Waals surface area contributed by atoms with Gasteiger partial charge in [0.1, 0.15) is 11.8 Å². The van der Waals surface area contributed by atoms with Gasteiger partial charge < -0.3 is 20.1 Å². The van der Waals surface area contributed by atoms with E-state index in [1.807, 2.05) is 18.2 Å². The van der Waals surface area contributed by atoms with Crippen LogP contribution in [0.3, 0.4) is 0 Å². The summed E-state index contributed by atoms with van der Waals surface area (Å²) in [6.07, 6.45) is 3.92. The van der Waals surface area contributed by atoms with Gasteiger partial charge in [-0.2, -0.15) is 0 Å². The number of nitrogens with zero attached hydrogens (tertiary/aromatic N) is 2. The van der Waals surface area contributed by atoms with Gasteiger partial charge in [-0.05, 0) is 36.2 Å². The Hall–Kier alpha value is -3.42. The lowest BCUT2D eigenvalue weighted by Gasteiger charge is -2.26. The summed E-state index contributed by atoms with van der Waals surface area (Å²) in [5, 5.41) is 12.0. The van der Waals surface area contributed by atoms with Crippen LogP contribution in [0.1, 0.15) is 29.8 Å². The van der Waals surface area contributed by atoms with Crippen molar-refractivity contribution < 1.29 is 24.2 Å². The molecule has 0 saturated heterocycles. The number of fused-ring (bicyclic) bond motifs is 1. The lowest BCUT2D eigenvalue weighted by atomic mass is 10.0. The number of rotatable bonds is 7. The van der Waals surface area contributed by atoms with Crippen molar-refractivity contribution >= 4 is 17.8 Å². The van der Waals surface area contributed by atoms with Gasteiger partial charge in [0, 0.05) is 44.4 Å². The average Bonchev–Trinajstić information content (AvgIpc) is 3.18. The van der Waals surface area contributed by atoms with Gasteiger partial charge in [-0.3, -0.25) is 14.6 Å². The molecule has 1 aliphatic heterocycles. The van der Waals surface area contributed by atoms with E-state index in [4.69, 9.17) is 4.74 Å². The highest BCUT2D eigenvalue weighted by Gasteiger charge is 2.26. The predicted molar refractivity (Wildman–Crippen MR) is 106 cm³/mol. The third kappa shape index (κ3) is 4.71. The number of carboxylic acid groups (broad SMARTS) is 1. The number of aromatic nitrogens is 1. The van der Waals surface area contributed by atoms with Crippen LogP contribution >= 0.6 is 0 Å². The average molecular weight is 397 g/mol. The highest BCUT2D eigenvalue weighted by atomic mass is 16.5. The van der Waals surface area contributed by atoms with Crippen molar-refractivity contribution in [2.75, 3.05) is 19.7 Å². The maximum absolute atomic E-state index is 13.0. The molecule has 0 radical (unpaired) electrons. The molecule has 0 fully saturated rings. The lowest BCUT2D eigenvalue weighted by Crippen LogP contribution is -2.46. The van der Waals surface area contributed by atoms with Crippen LogP contribution in [-0.4, -0.2) is 58.5 Å². The maximum Gasteiger partial charge on any atom is 0.326 e. The Bertz CT molecular complexity index is 944. The van der Waals surface area contributed by atoms with Crippen LogP contribution in [-0.2, 0) is 16.0 Å². The number of amides is 2. The molecule has 1 aliphatic rings. The summed E-state index contributed by atoms with van der Waals surface area (Å²) in [6, 6.07) is 6.48. The van der Waals surface area contributed by atoms with Gasteiger partial charge in [-0.15, -0.1) is 0 Å². The molecule has 0 bridgehead atoms. The van der Waals surface area contributed by atoms with Gasteiger partial charge in [0.05, 0.1) is 12.2 Å². The van der Waals surface area contributed by atoms with Crippen LogP contribution in [0.25, 0.3) is 11.1 Å². The Labute approximate surface area is 168 Å². The molecule has 2 heterocycles. The Kier molecular flexibility index (Phi) is 6.11. The summed E-state index contributed by atoms with van der Waals surface area (Å²) in [6.45, 7) is 3.70. The molecule has 0 spiro atoms. The van der Waals surface area contributed by atoms with Gasteiger partial charge in [0.25, 0.3) is 5.91 Å². The minimum atomic E-state index is -1.12. The van der Waals surface area contributed by atoms with Crippen LogP contribution in [0.5, 0.6) is 5.75 Å². The fraction of sp³-hybridized carbons (Fsp3) is 0.333. The van der Waals surface area contributed by atoms with Crippen molar-refractivity contribution in [3.05, 3.63) is 47.8 Å². The molecule has 8 heteroatoms. The first-order valence-electron chi connectivity index (χ1n) is 9.36. The van der Waals surface area contributed by atoms with Crippen LogP contribution < -0.4 is 10.1 Å². The van der Waals surface area contributed by atoms with E-state index >= 15 is 0 Å². The molecule has 152 valence electrons. The number of nitrogens with one attached hydrogen (secondary N) is 1. The predicted octanol–water partition coefficient (Wildman–Crippen LogP) is 1.73. The van der Waals surface area contributed by atoms with E-state index in [0.717, 1.165) is 28.9 Å². The van der Waals surface area contributed by atoms with E-state index in [0.29, 0.717) is 6.61 Å². The molecule has 3 rings (SSSR count). The van der Waals surface area contributed by atoms with E-state index in [9.17, 15) is 19.5 Å². The number of hydrogen-bond acceptors (Lipinski definition) is 5. The Morgan fingerprint density at radius 3 is 2.76 bits per heavy atom. The van der Waals surface area contributed by atoms with E-state index in [-0.39, 0.29) is 24.6 Å². The number of aliphatic carboxylic acids is 1. The zero-order valence-corrected chi connectivity index (χ0v) is 16.3. The van der Waals surface area contributed by atoms with E-state index in [1.165, 1.54) is 24.9 Å². The monoisotopic (exact) mass is 397 g/mol. The molecule has 1 aromatic carbocycles. The third-order valence-electron chi connectivity index (χ3n) is 4.82. The van der Waals surface area contributed by atoms with Gasteiger partial charge in [-0.25, -0.2) is 4.79 Å². The summed E-state index contributed by atoms with van der Waals surface area (Å²) in [5.74, 6) is -0.953. The number of carbonyl (C=O) groups excluding carboxylic acids is 2. The molecule has 1 unspecified atom stereocenters. The zero-order chi connectivity index (χ0) is 21.0. The fourth-order valence-electron chi connectivity index (χ4n) is 3.20. The highest BCUT2D eigenvalue weighted by molar-refractivity contribution is 5.97. The molecular formula is C21H23N3O5. The van der Waals surface area contributed by atoms with Crippen molar-refractivity contribution in [3.63, 3.8) is 0 Å². The molecule has 2 N–H and O–H groups in total. The summed E-state index contributed by atoms with van der Waals surface area (Å²) in [7, 11) is 0. The molecule has 1 aromatic heterocycles. The van der Waals surface area contributed by atoms with Crippen LogP contribution in [0.15, 0.2) is 36.7 Å². The van der Waals surface area contributed by atoms with E-state index in [2.05, 4.69) is 10.3 Å². The second-order valence-corrected chi connectivity index (χ2v) is 6.88. The summed E-state index contributed by atoms with van der Waals surface area (Å²) in [5.41, 5.74) is 3.06. The standard InChI is InChI=1S/C21H23N3O5/c1-13(21(27)28)24(7-6-23-14(2)25)20(26)18-10-17(11-22-12-18)15-3-4-19-16(9-15)5-8-29-19/h3-4,9-13H,5-8H2,1-2H3,(H,23,25)(H,27,28). The topological polar surface area (TPSA) is 109 Å². The minimum Gasteiger partial charge on any atom is -0.493 e. The van der Waals surface area contributed by atoms with Crippen LogP contribution in [0.4, 0.5) is 0 Å². The number of carboxylic acids is 1. The Morgan fingerprint density at radius 1 is 1.24 bits per heavy atom. The quantitative estimate of drug-likeness (QED) is 0.737. The summed E-state index contributed by atoms with van der Waals surface area (Å²) < 4.78 is 5.52. The van der Waals surface area contributed by atoms with Crippen molar-refractivity contribution in [2.45, 2.75) is 26.3 Å². The van der Waals surface area contributed by atoms with Crippen molar-refractivity contribution in [1.29, 1.82) is 0 Å². The number of pyridine rings is 1. The van der Waals surface area contributed by atoms with Crippen LogP contribution in [0, 0.1) is 0 Å². The lowest BCUT2D eigenvalue weighted by molar-refractivity contribution is -0.141. The first-order valence-corrected chi connectivity index (χ1v) is 9.36. The first-order chi connectivity index (χ1) is 13.9. The summed E-state index contributed by atoms with van der Waals surface area (Å²) in [4.78, 5) is 41.0. The molecule has 0 aliphatic carbocycles. The molecule has 29 heavy (non-hydrogen) atoms. The maximum atomic E-state index is 13.0. The van der Waals surface area contributed by atoms with Crippen molar-refractivity contribution in [2.24, 2.45) is 0 Å². The smallest absolute Gasteiger partial charge is 0.326 e. The Balaban J connectivity index is 1.85. The zero-order valence-electron chi connectivity index (χ0n) is 16.3. The van der Waals surface area contributed by atoms with Gasteiger partial charge in [0.15, 0.2) is 0 Å². The fourth-order valence-corrected chi connectivity index (χ4v) is 3.20. The largest absolute Gasteiger partial charge is 0.493 e. The summed E-state index contributed by atoms with van der Waals surface area (Å²) >= 11 is 0. The molecule has 2 aromatic rings. The first kappa shape index (κ1) is 20.3. The van der Waals surface area contributed by atoms with E-state index < -0.39 is 17.9 Å². The van der Waals surface area contributed by atoms with Gasteiger partial charge in [0.2, 0.25) is 5.91 Å². The second kappa shape index (κ2) is 8.72. The normalized spacial score (nSPS) is 13.2. The minimum absolute atomic E-state index is 0.0757. The van der Waals surface area contributed by atoms with Crippen molar-refractivity contribution in [3.8, 4) is 16.9 Å². The second-order valence-electron chi connectivity index (χ2n) is 6.88. The SMILES string of the molecule is CC(=O)NCCN(C(=O)c1cncc(-c2ccc3c(c2)CCO3)c1)C(C)C(=O)O. The van der Waals surface area contributed by atoms with Crippen LogP contribution in [0.2, 0.25) is 0 Å². The van der Waals surface area contributed by atoms with Gasteiger partial charge in [-0.1, -0.05) is 6.07 Å². The molecule has 8 nitrogen and oxygen atoms in total. The third-order valence-corrected chi connectivity index (χ3v) is 4.82. The van der Waals surface area contributed by atoms with Crippen molar-refractivity contribution in [1.82, 2.24) is 15.2 Å².